The second-order valence-electron chi connectivity index (χ2n) is 7.33. The van der Waals surface area contributed by atoms with Gasteiger partial charge in [0.1, 0.15) is 0 Å². The fourth-order valence-electron chi connectivity index (χ4n) is 4.22. The Morgan fingerprint density at radius 1 is 1.37 bits per heavy atom. The number of rotatable bonds is 5. The van der Waals surface area contributed by atoms with E-state index in [4.69, 9.17) is 9.57 Å². The monoisotopic (exact) mass is 373 g/mol. The summed E-state index contributed by atoms with van der Waals surface area (Å²) >= 11 is 0. The highest BCUT2D eigenvalue weighted by atomic mass is 16.7. The predicted molar refractivity (Wildman–Crippen MR) is 101 cm³/mol. The summed E-state index contributed by atoms with van der Waals surface area (Å²) in [5.41, 5.74) is 2.99. The number of aryl methyl sites for hydroxylation is 1. The molecular weight excluding hydrogens is 346 g/mol. The van der Waals surface area contributed by atoms with Crippen molar-refractivity contribution in [2.75, 3.05) is 19.5 Å². The Morgan fingerprint density at radius 3 is 2.85 bits per heavy atom. The van der Waals surface area contributed by atoms with E-state index in [9.17, 15) is 4.79 Å². The maximum atomic E-state index is 11.9. The van der Waals surface area contributed by atoms with Crippen LogP contribution < -0.4 is 5.32 Å². The molecule has 2 aromatic heterocycles. The maximum absolute atomic E-state index is 11.9. The topological polar surface area (TPSA) is 81.5 Å². The van der Waals surface area contributed by atoms with Crippen LogP contribution in [0.2, 0.25) is 0 Å². The van der Waals surface area contributed by atoms with Crippen LogP contribution in [0.4, 0.5) is 5.69 Å². The second kappa shape index (κ2) is 7.44. The van der Waals surface area contributed by atoms with Gasteiger partial charge in [0.25, 0.3) is 0 Å². The summed E-state index contributed by atoms with van der Waals surface area (Å²) < 4.78 is 6.77. The quantitative estimate of drug-likeness (QED) is 0.807. The summed E-state index contributed by atoms with van der Waals surface area (Å²) in [5, 5.41) is 11.0. The Bertz CT molecular complexity index is 830. The second-order valence-corrected chi connectivity index (χ2v) is 7.33. The molecule has 1 aliphatic heterocycles. The largest absolute Gasteiger partial charge is 0.467 e. The van der Waals surface area contributed by atoms with Gasteiger partial charge in [-0.05, 0) is 19.8 Å². The number of nitrogens with zero attached hydrogens (tertiary/aromatic N) is 4. The van der Waals surface area contributed by atoms with Crippen LogP contribution in [0.15, 0.2) is 12.4 Å². The van der Waals surface area contributed by atoms with E-state index in [0.717, 1.165) is 28.8 Å². The van der Waals surface area contributed by atoms with E-state index in [2.05, 4.69) is 22.3 Å². The van der Waals surface area contributed by atoms with E-state index in [-0.39, 0.29) is 12.0 Å². The third kappa shape index (κ3) is 3.27. The van der Waals surface area contributed by atoms with Gasteiger partial charge in [-0.1, -0.05) is 12.8 Å². The number of ether oxygens (including phenoxy) is 1. The van der Waals surface area contributed by atoms with Crippen molar-refractivity contribution < 1.29 is 14.4 Å². The van der Waals surface area contributed by atoms with Crippen LogP contribution in [-0.4, -0.2) is 52.1 Å². The van der Waals surface area contributed by atoms with Crippen molar-refractivity contribution >= 4 is 22.7 Å². The fraction of sp³-hybridized carbons (Fsp3) is 0.632. The normalized spacial score (nSPS) is 24.0. The van der Waals surface area contributed by atoms with Crippen LogP contribution in [-0.2, 0) is 20.9 Å². The third-order valence-corrected chi connectivity index (χ3v) is 5.69. The molecule has 0 amide bonds. The number of fused-ring (bicyclic) bond motifs is 1. The van der Waals surface area contributed by atoms with Crippen molar-refractivity contribution in [1.29, 1.82) is 0 Å². The van der Waals surface area contributed by atoms with Crippen LogP contribution in [0.1, 0.15) is 50.6 Å². The highest BCUT2D eigenvalue weighted by Crippen LogP contribution is 2.40. The minimum Gasteiger partial charge on any atom is -0.467 e. The summed E-state index contributed by atoms with van der Waals surface area (Å²) in [7, 11) is 3.24. The molecule has 27 heavy (non-hydrogen) atoms. The van der Waals surface area contributed by atoms with E-state index < -0.39 is 6.10 Å². The van der Waals surface area contributed by atoms with E-state index >= 15 is 0 Å². The fourth-order valence-corrected chi connectivity index (χ4v) is 4.22. The van der Waals surface area contributed by atoms with Crippen LogP contribution in [0, 0.1) is 0 Å². The van der Waals surface area contributed by atoms with Gasteiger partial charge in [0.2, 0.25) is 0 Å². The van der Waals surface area contributed by atoms with Crippen molar-refractivity contribution in [3.05, 3.63) is 18.0 Å². The molecule has 3 heterocycles. The van der Waals surface area contributed by atoms with Gasteiger partial charge in [0, 0.05) is 37.8 Å². The smallest absolute Gasteiger partial charge is 0.337 e. The van der Waals surface area contributed by atoms with Crippen molar-refractivity contribution in [2.45, 2.75) is 63.8 Å². The maximum Gasteiger partial charge on any atom is 0.337 e. The first-order valence-electron chi connectivity index (χ1n) is 9.70. The zero-order valence-electron chi connectivity index (χ0n) is 16.1. The van der Waals surface area contributed by atoms with Gasteiger partial charge in [0.05, 0.1) is 30.4 Å². The number of hydroxylamine groups is 2. The number of carbonyl (C=O) groups excluding carboxylic acids is 1. The number of pyridine rings is 1. The van der Waals surface area contributed by atoms with Gasteiger partial charge in [0.15, 0.2) is 11.8 Å². The molecule has 1 saturated heterocycles. The molecule has 4 rings (SSSR count). The molecule has 0 bridgehead atoms. The third-order valence-electron chi connectivity index (χ3n) is 5.69. The van der Waals surface area contributed by atoms with Gasteiger partial charge in [-0.3, -0.25) is 4.84 Å². The molecular formula is C19H27N5O3. The van der Waals surface area contributed by atoms with Crippen molar-refractivity contribution in [3.63, 3.8) is 0 Å². The lowest BCUT2D eigenvalue weighted by atomic mass is 9.99. The first-order valence-corrected chi connectivity index (χ1v) is 9.70. The van der Waals surface area contributed by atoms with E-state index in [0.29, 0.717) is 12.5 Å². The number of methoxy groups -OCH3 is 1. The van der Waals surface area contributed by atoms with Crippen LogP contribution >= 0.6 is 0 Å². The molecule has 2 fully saturated rings. The highest BCUT2D eigenvalue weighted by molar-refractivity contribution is 5.91. The summed E-state index contributed by atoms with van der Waals surface area (Å²) in [4.78, 5) is 22.3. The molecule has 2 aliphatic rings. The Balaban J connectivity index is 1.74. The van der Waals surface area contributed by atoms with Gasteiger partial charge in [-0.15, -0.1) is 0 Å². The molecule has 1 saturated carbocycles. The zero-order chi connectivity index (χ0) is 19.0. The molecule has 8 nitrogen and oxygen atoms in total. The van der Waals surface area contributed by atoms with Crippen LogP contribution in [0.5, 0.6) is 0 Å². The van der Waals surface area contributed by atoms with Gasteiger partial charge < -0.3 is 10.1 Å². The molecule has 0 spiro atoms. The Kier molecular flexibility index (Phi) is 5.01. The minimum atomic E-state index is -0.585. The first kappa shape index (κ1) is 18.2. The molecule has 2 atom stereocenters. The molecule has 1 N–H and O–H groups in total. The SMILES string of the molecule is CCn1ncc2c(NC3CCCC3)c(C3CC(C(=O)OC)ON3C)cnc21. The molecule has 0 aromatic carbocycles. The van der Waals surface area contributed by atoms with E-state index in [1.807, 2.05) is 24.1 Å². The lowest BCUT2D eigenvalue weighted by Crippen LogP contribution is -2.23. The number of aromatic nitrogens is 3. The summed E-state index contributed by atoms with van der Waals surface area (Å²) in [6.45, 7) is 2.83. The lowest BCUT2D eigenvalue weighted by molar-refractivity contribution is -0.179. The number of esters is 1. The van der Waals surface area contributed by atoms with Crippen molar-refractivity contribution in [1.82, 2.24) is 19.8 Å². The summed E-state index contributed by atoms with van der Waals surface area (Å²) in [5.74, 6) is -0.345. The van der Waals surface area contributed by atoms with Gasteiger partial charge in [-0.25, -0.2) is 14.5 Å². The van der Waals surface area contributed by atoms with Gasteiger partial charge in [-0.2, -0.15) is 10.2 Å². The van der Waals surface area contributed by atoms with Crippen molar-refractivity contribution in [3.8, 4) is 0 Å². The molecule has 146 valence electrons. The Morgan fingerprint density at radius 2 is 2.15 bits per heavy atom. The molecule has 8 heteroatoms. The van der Waals surface area contributed by atoms with Crippen molar-refractivity contribution in [2.24, 2.45) is 0 Å². The average Bonchev–Trinajstić information content (AvgIpc) is 3.41. The van der Waals surface area contributed by atoms with Crippen LogP contribution in [0.25, 0.3) is 11.0 Å². The summed E-state index contributed by atoms with van der Waals surface area (Å²) in [6.07, 6.45) is 8.60. The zero-order valence-corrected chi connectivity index (χ0v) is 16.1. The molecule has 2 unspecified atom stereocenters. The lowest BCUT2D eigenvalue weighted by Gasteiger charge is -2.23. The number of carbonyl (C=O) groups is 1. The van der Waals surface area contributed by atoms with E-state index in [1.165, 1.54) is 32.8 Å². The molecule has 1 aliphatic carbocycles. The highest BCUT2D eigenvalue weighted by Gasteiger charge is 2.39. The predicted octanol–water partition coefficient (Wildman–Crippen LogP) is 2.66. The summed E-state index contributed by atoms with van der Waals surface area (Å²) in [6, 6.07) is 0.392. The average molecular weight is 373 g/mol. The van der Waals surface area contributed by atoms with Crippen LogP contribution in [0.3, 0.4) is 0 Å². The number of nitrogens with one attached hydrogen (secondary N) is 1. The molecule has 2 aromatic rings. The number of hydrogen-bond donors (Lipinski definition) is 1. The number of anilines is 1. The number of hydrogen-bond acceptors (Lipinski definition) is 7. The standard InChI is InChI=1S/C19H27N5O3/c1-4-24-18-14(11-21-24)17(22-12-7-5-6-8-12)13(10-20-18)15-9-16(19(25)26-3)27-23(15)2/h10-12,15-16H,4-9H2,1-3H3,(H,20,22). The van der Waals surface area contributed by atoms with E-state index in [1.54, 1.807) is 5.06 Å². The molecule has 0 radical (unpaired) electrons. The van der Waals surface area contributed by atoms with Gasteiger partial charge >= 0.3 is 5.97 Å². The first-order chi connectivity index (χ1) is 13.1. The Hall–Kier alpha value is -2.19. The Labute approximate surface area is 158 Å². The minimum absolute atomic E-state index is 0.0696.